The fraction of sp³-hybridized carbons (Fsp3) is 0.545. The highest BCUT2D eigenvalue weighted by atomic mass is 79.9. The lowest BCUT2D eigenvalue weighted by atomic mass is 10.0. The van der Waals surface area contributed by atoms with Crippen LogP contribution in [-0.4, -0.2) is 20.4 Å². The van der Waals surface area contributed by atoms with Gasteiger partial charge in [0, 0.05) is 12.1 Å². The Kier molecular flexibility index (Phi) is 5.17. The minimum absolute atomic E-state index is 0.0423. The summed E-state index contributed by atoms with van der Waals surface area (Å²) in [5.74, 6) is -0.255. The van der Waals surface area contributed by atoms with Crippen LogP contribution in [0.25, 0.3) is 0 Å². The summed E-state index contributed by atoms with van der Waals surface area (Å²) in [6, 6.07) is 1.07. The van der Waals surface area contributed by atoms with Crippen LogP contribution in [0.5, 0.6) is 0 Å². The smallest absolute Gasteiger partial charge is 0.287 e. The summed E-state index contributed by atoms with van der Waals surface area (Å²) < 4.78 is 27.4. The number of carbonyl (C=O) groups is 1. The Morgan fingerprint density at radius 3 is 2.53 bits per heavy atom. The van der Waals surface area contributed by atoms with Gasteiger partial charge in [0.25, 0.3) is 5.91 Å². The van der Waals surface area contributed by atoms with E-state index in [-0.39, 0.29) is 21.4 Å². The summed E-state index contributed by atoms with van der Waals surface area (Å²) in [6.07, 6.45) is 0.922. The lowest BCUT2D eigenvalue weighted by Crippen LogP contribution is -2.36. The van der Waals surface area contributed by atoms with Crippen molar-refractivity contribution < 1.29 is 17.6 Å². The second-order valence-corrected chi connectivity index (χ2v) is 6.69. The zero-order valence-electron chi connectivity index (χ0n) is 10.9. The molecule has 2 atom stereocenters. The largest absolute Gasteiger partial charge is 0.443 e. The maximum absolute atomic E-state index is 11.9. The van der Waals surface area contributed by atoms with Gasteiger partial charge in [-0.25, -0.2) is 13.6 Å². The molecule has 0 saturated heterocycles. The first-order chi connectivity index (χ1) is 8.66. The van der Waals surface area contributed by atoms with E-state index < -0.39 is 15.9 Å². The van der Waals surface area contributed by atoms with Crippen molar-refractivity contribution in [1.29, 1.82) is 0 Å². The molecule has 0 aromatic carbocycles. The number of sulfonamides is 1. The van der Waals surface area contributed by atoms with Crippen LogP contribution in [-0.2, 0) is 10.0 Å². The molecular formula is C11H17BrN2O4S. The van der Waals surface area contributed by atoms with E-state index in [0.717, 1.165) is 12.5 Å². The van der Waals surface area contributed by atoms with E-state index >= 15 is 0 Å². The Hall–Kier alpha value is -0.860. The van der Waals surface area contributed by atoms with Crippen molar-refractivity contribution >= 4 is 31.9 Å². The predicted octanol–water partition coefficient (Wildman–Crippen LogP) is 1.85. The lowest BCUT2D eigenvalue weighted by molar-refractivity contribution is 0.0898. The highest BCUT2D eigenvalue weighted by molar-refractivity contribution is 9.10. The molecule has 1 amide bonds. The number of carbonyl (C=O) groups excluding carboxylic acids is 1. The molecule has 0 bridgehead atoms. The first-order valence-electron chi connectivity index (χ1n) is 5.79. The summed E-state index contributed by atoms with van der Waals surface area (Å²) in [6.45, 7) is 5.92. The fourth-order valence-electron chi connectivity index (χ4n) is 1.43. The summed E-state index contributed by atoms with van der Waals surface area (Å²) in [5.41, 5.74) is 0. The van der Waals surface area contributed by atoms with E-state index in [2.05, 4.69) is 21.2 Å². The quantitative estimate of drug-likeness (QED) is 0.843. The molecule has 1 aromatic heterocycles. The average molecular weight is 353 g/mol. The molecule has 1 heterocycles. The standard InChI is InChI=1S/C11H17BrN2O4S/c1-4-6(2)7(3)14-11(15)8-5-9(10(12)18-8)19(13,16)17/h5-7H,4H2,1-3H3,(H,14,15)(H2,13,16,17). The number of hydrogen-bond donors (Lipinski definition) is 2. The Morgan fingerprint density at radius 1 is 1.53 bits per heavy atom. The van der Waals surface area contributed by atoms with Gasteiger partial charge in [-0.15, -0.1) is 0 Å². The number of furan rings is 1. The van der Waals surface area contributed by atoms with Gasteiger partial charge in [0.1, 0.15) is 4.90 Å². The first kappa shape index (κ1) is 16.2. The van der Waals surface area contributed by atoms with E-state index in [9.17, 15) is 13.2 Å². The molecule has 0 aliphatic heterocycles. The van der Waals surface area contributed by atoms with Crippen molar-refractivity contribution in [3.05, 3.63) is 16.5 Å². The number of halogens is 1. The van der Waals surface area contributed by atoms with Gasteiger partial charge in [0.05, 0.1) is 0 Å². The number of amides is 1. The zero-order valence-corrected chi connectivity index (χ0v) is 13.3. The predicted molar refractivity (Wildman–Crippen MR) is 74.2 cm³/mol. The van der Waals surface area contributed by atoms with E-state index in [4.69, 9.17) is 9.56 Å². The highest BCUT2D eigenvalue weighted by Crippen LogP contribution is 2.25. The summed E-state index contributed by atoms with van der Waals surface area (Å²) in [5, 5.41) is 7.74. The van der Waals surface area contributed by atoms with Gasteiger partial charge < -0.3 is 9.73 Å². The van der Waals surface area contributed by atoms with Gasteiger partial charge in [-0.3, -0.25) is 4.79 Å². The van der Waals surface area contributed by atoms with E-state index in [0.29, 0.717) is 5.92 Å². The maximum Gasteiger partial charge on any atom is 0.287 e. The molecule has 0 radical (unpaired) electrons. The normalized spacial score (nSPS) is 15.0. The SMILES string of the molecule is CCC(C)C(C)NC(=O)c1cc(S(N)(=O)=O)c(Br)o1. The van der Waals surface area contributed by atoms with Gasteiger partial charge in [-0.05, 0) is 28.8 Å². The minimum atomic E-state index is -3.92. The van der Waals surface area contributed by atoms with E-state index in [1.165, 1.54) is 0 Å². The van der Waals surface area contributed by atoms with Crippen LogP contribution in [0, 0.1) is 5.92 Å². The molecule has 6 nitrogen and oxygen atoms in total. The Balaban J connectivity index is 2.91. The summed E-state index contributed by atoms with van der Waals surface area (Å²) in [7, 11) is -3.92. The fourth-order valence-corrected chi connectivity index (χ4v) is 2.93. The third kappa shape index (κ3) is 4.05. The Bertz CT molecular complexity index is 567. The first-order valence-corrected chi connectivity index (χ1v) is 8.13. The molecule has 0 aliphatic carbocycles. The Labute approximate surface area is 120 Å². The second kappa shape index (κ2) is 6.06. The van der Waals surface area contributed by atoms with Crippen molar-refractivity contribution in [2.75, 3.05) is 0 Å². The molecule has 1 aromatic rings. The van der Waals surface area contributed by atoms with Gasteiger partial charge in [0.15, 0.2) is 10.4 Å². The van der Waals surface area contributed by atoms with Crippen LogP contribution < -0.4 is 10.5 Å². The molecule has 108 valence electrons. The van der Waals surface area contributed by atoms with Gasteiger partial charge in [-0.2, -0.15) is 0 Å². The van der Waals surface area contributed by atoms with Crippen molar-refractivity contribution in [3.63, 3.8) is 0 Å². The van der Waals surface area contributed by atoms with Crippen molar-refractivity contribution in [2.45, 2.75) is 38.1 Å². The lowest BCUT2D eigenvalue weighted by Gasteiger charge is -2.18. The molecule has 0 aliphatic rings. The third-order valence-electron chi connectivity index (χ3n) is 3.04. The van der Waals surface area contributed by atoms with E-state index in [1.54, 1.807) is 0 Å². The number of hydrogen-bond acceptors (Lipinski definition) is 4. The van der Waals surface area contributed by atoms with Gasteiger partial charge in [0.2, 0.25) is 10.0 Å². The van der Waals surface area contributed by atoms with Crippen LogP contribution in [0.3, 0.4) is 0 Å². The van der Waals surface area contributed by atoms with Gasteiger partial charge >= 0.3 is 0 Å². The van der Waals surface area contributed by atoms with Crippen LogP contribution in [0.1, 0.15) is 37.7 Å². The molecule has 19 heavy (non-hydrogen) atoms. The van der Waals surface area contributed by atoms with Crippen molar-refractivity contribution in [2.24, 2.45) is 11.1 Å². The highest BCUT2D eigenvalue weighted by Gasteiger charge is 2.23. The number of rotatable bonds is 5. The van der Waals surface area contributed by atoms with Crippen molar-refractivity contribution in [3.8, 4) is 0 Å². The zero-order chi connectivity index (χ0) is 14.8. The van der Waals surface area contributed by atoms with Crippen LogP contribution in [0.4, 0.5) is 0 Å². The maximum atomic E-state index is 11.9. The molecule has 0 saturated carbocycles. The molecule has 1 rings (SSSR count). The van der Waals surface area contributed by atoms with E-state index in [1.807, 2.05) is 20.8 Å². The third-order valence-corrected chi connectivity index (χ3v) is 4.81. The topological polar surface area (TPSA) is 102 Å². The van der Waals surface area contributed by atoms with Crippen LogP contribution in [0.15, 0.2) is 20.0 Å². The molecule has 2 unspecified atom stereocenters. The number of nitrogens with one attached hydrogen (secondary N) is 1. The molecule has 0 fully saturated rings. The monoisotopic (exact) mass is 352 g/mol. The second-order valence-electron chi connectivity index (χ2n) is 4.44. The van der Waals surface area contributed by atoms with Crippen LogP contribution >= 0.6 is 15.9 Å². The molecular weight excluding hydrogens is 336 g/mol. The summed E-state index contributed by atoms with van der Waals surface area (Å²) in [4.78, 5) is 11.7. The molecule has 8 heteroatoms. The van der Waals surface area contributed by atoms with Gasteiger partial charge in [-0.1, -0.05) is 20.3 Å². The number of primary sulfonamides is 1. The summed E-state index contributed by atoms with van der Waals surface area (Å²) >= 11 is 2.92. The number of nitrogens with two attached hydrogens (primary N) is 1. The minimum Gasteiger partial charge on any atom is -0.443 e. The molecule has 0 spiro atoms. The van der Waals surface area contributed by atoms with Crippen LogP contribution in [0.2, 0.25) is 0 Å². The average Bonchev–Trinajstić information content (AvgIpc) is 2.69. The Morgan fingerprint density at radius 2 is 2.11 bits per heavy atom. The molecule has 3 N–H and O–H groups in total. The van der Waals surface area contributed by atoms with Crippen molar-refractivity contribution in [1.82, 2.24) is 5.32 Å².